The van der Waals surface area contributed by atoms with Crippen LogP contribution in [0.25, 0.3) is 11.0 Å². The Kier molecular flexibility index (Phi) is 6.45. The summed E-state index contributed by atoms with van der Waals surface area (Å²) in [4.78, 5) is 10.3. The molecule has 1 aliphatic heterocycles. The van der Waals surface area contributed by atoms with E-state index in [2.05, 4.69) is 26.5 Å². The highest BCUT2D eigenvalue weighted by Gasteiger charge is 2.44. The molecule has 3 heterocycles. The Morgan fingerprint density at radius 3 is 2.53 bits per heavy atom. The zero-order chi connectivity index (χ0) is 24.6. The summed E-state index contributed by atoms with van der Waals surface area (Å²) in [6.07, 6.45) is -2.00. The van der Waals surface area contributed by atoms with Crippen LogP contribution in [0.4, 0.5) is 11.5 Å². The summed E-state index contributed by atoms with van der Waals surface area (Å²) >= 11 is 0. The number of ether oxygens (including phenoxy) is 1. The Morgan fingerprint density at radius 2 is 1.88 bits per heavy atom. The number of hydrogen-bond donors (Lipinski definition) is 5. The SMILES string of the molecule is CN(C)c1ccc(C#Cc2cn([C@@H]3O[C@H](CNS(N)(=O)=O)[C@@H](O)[C@H]3O)c3ncnc(N)c23)cc1. The first-order valence-electron chi connectivity index (χ1n) is 10.2. The summed E-state index contributed by atoms with van der Waals surface area (Å²) in [6.45, 7) is -0.320. The van der Waals surface area contributed by atoms with Crippen molar-refractivity contribution in [3.05, 3.63) is 47.9 Å². The van der Waals surface area contributed by atoms with Gasteiger partial charge in [-0.25, -0.2) is 15.1 Å². The van der Waals surface area contributed by atoms with E-state index in [9.17, 15) is 18.6 Å². The minimum Gasteiger partial charge on any atom is -0.387 e. The zero-order valence-corrected chi connectivity index (χ0v) is 19.3. The topological polar surface area (TPSA) is 182 Å². The van der Waals surface area contributed by atoms with Crippen molar-refractivity contribution in [3.8, 4) is 11.8 Å². The molecule has 0 saturated carbocycles. The van der Waals surface area contributed by atoms with Gasteiger partial charge in [-0.05, 0) is 24.3 Å². The molecule has 7 N–H and O–H groups in total. The average molecular weight is 488 g/mol. The molecular formula is C21H25N7O5S. The third-order valence-corrected chi connectivity index (χ3v) is 6.03. The maximum atomic E-state index is 11.2. The first kappa shape index (κ1) is 23.9. The van der Waals surface area contributed by atoms with Gasteiger partial charge in [-0.3, -0.25) is 0 Å². The molecule has 3 aromatic rings. The van der Waals surface area contributed by atoms with Gasteiger partial charge >= 0.3 is 0 Å². The summed E-state index contributed by atoms with van der Waals surface area (Å²) in [6, 6.07) is 7.69. The fourth-order valence-electron chi connectivity index (χ4n) is 3.71. The second-order valence-electron chi connectivity index (χ2n) is 8.04. The predicted molar refractivity (Wildman–Crippen MR) is 126 cm³/mol. The number of anilines is 2. The van der Waals surface area contributed by atoms with Crippen molar-refractivity contribution in [3.63, 3.8) is 0 Å². The molecule has 0 spiro atoms. The fourth-order valence-corrected chi connectivity index (χ4v) is 4.10. The van der Waals surface area contributed by atoms with Crippen molar-refractivity contribution in [2.75, 3.05) is 31.3 Å². The van der Waals surface area contributed by atoms with E-state index in [0.29, 0.717) is 16.6 Å². The molecule has 0 amide bonds. The van der Waals surface area contributed by atoms with E-state index < -0.39 is 34.7 Å². The van der Waals surface area contributed by atoms with Gasteiger partial charge < -0.3 is 30.2 Å². The highest BCUT2D eigenvalue weighted by Crippen LogP contribution is 2.34. The van der Waals surface area contributed by atoms with Gasteiger partial charge in [0.25, 0.3) is 10.2 Å². The van der Waals surface area contributed by atoms with Crippen molar-refractivity contribution < 1.29 is 23.4 Å². The minimum atomic E-state index is -4.00. The Balaban J connectivity index is 1.69. The van der Waals surface area contributed by atoms with E-state index in [1.165, 1.54) is 10.9 Å². The average Bonchev–Trinajstić information content (AvgIpc) is 3.29. The number of nitrogens with zero attached hydrogens (tertiary/aromatic N) is 4. The number of nitrogens with two attached hydrogens (primary N) is 2. The number of hydrogen-bond acceptors (Lipinski definition) is 9. The Morgan fingerprint density at radius 1 is 1.18 bits per heavy atom. The van der Waals surface area contributed by atoms with Gasteiger partial charge in [0.1, 0.15) is 36.1 Å². The van der Waals surface area contributed by atoms with Crippen LogP contribution in [-0.2, 0) is 14.9 Å². The summed E-state index contributed by atoms with van der Waals surface area (Å²) in [5.41, 5.74) is 8.76. The number of aliphatic hydroxyl groups excluding tert-OH is 2. The third-order valence-electron chi connectivity index (χ3n) is 5.46. The van der Waals surface area contributed by atoms with Gasteiger partial charge in [0.2, 0.25) is 0 Å². The molecule has 180 valence electrons. The van der Waals surface area contributed by atoms with E-state index in [1.807, 2.05) is 43.3 Å². The molecular weight excluding hydrogens is 462 g/mol. The van der Waals surface area contributed by atoms with Gasteiger partial charge in [0.05, 0.1) is 10.9 Å². The number of aromatic nitrogens is 3. The molecule has 1 saturated heterocycles. The van der Waals surface area contributed by atoms with Crippen molar-refractivity contribution in [2.24, 2.45) is 5.14 Å². The Labute approximate surface area is 196 Å². The number of nitrogen functional groups attached to an aromatic ring is 1. The van der Waals surface area contributed by atoms with Crippen LogP contribution < -0.4 is 20.5 Å². The second-order valence-corrected chi connectivity index (χ2v) is 9.42. The summed E-state index contributed by atoms with van der Waals surface area (Å²) in [7, 11) is -0.102. The molecule has 1 fully saturated rings. The van der Waals surface area contributed by atoms with Gasteiger partial charge in [-0.2, -0.15) is 13.1 Å². The van der Waals surface area contributed by atoms with E-state index in [4.69, 9.17) is 15.6 Å². The van der Waals surface area contributed by atoms with Crippen LogP contribution in [0, 0.1) is 11.8 Å². The van der Waals surface area contributed by atoms with Crippen LogP contribution in [-0.4, -0.2) is 72.1 Å². The lowest BCUT2D eigenvalue weighted by molar-refractivity contribution is -0.0327. The van der Waals surface area contributed by atoms with E-state index >= 15 is 0 Å². The lowest BCUT2D eigenvalue weighted by Crippen LogP contribution is -2.42. The monoisotopic (exact) mass is 487 g/mol. The molecule has 13 heteroatoms. The molecule has 0 aliphatic carbocycles. The molecule has 1 aromatic carbocycles. The van der Waals surface area contributed by atoms with E-state index in [0.717, 1.165) is 11.3 Å². The second kappa shape index (κ2) is 9.18. The van der Waals surface area contributed by atoms with Gasteiger partial charge in [-0.1, -0.05) is 11.8 Å². The molecule has 0 radical (unpaired) electrons. The van der Waals surface area contributed by atoms with Gasteiger partial charge in [0.15, 0.2) is 6.23 Å². The van der Waals surface area contributed by atoms with Crippen LogP contribution in [0.2, 0.25) is 0 Å². The third kappa shape index (κ3) is 4.82. The van der Waals surface area contributed by atoms with Crippen LogP contribution in [0.1, 0.15) is 17.4 Å². The zero-order valence-electron chi connectivity index (χ0n) is 18.5. The normalized spacial score (nSPS) is 22.5. The standard InChI is InChI=1S/C21H25N7O5S/c1-27(2)14-7-4-12(5-8-14)3-6-13-10-28(20-16(13)19(22)24-11-25-20)21-18(30)17(29)15(33-21)9-26-34(23,31)32/h4-5,7-8,10-11,15,17-18,21,26,29-30H,9H2,1-2H3,(H2,22,24,25)(H2,23,31,32)/t15-,17-,18-,21-/m1/s1. The molecule has 4 atom stereocenters. The summed E-state index contributed by atoms with van der Waals surface area (Å²) in [5.74, 6) is 6.34. The molecule has 1 aliphatic rings. The molecule has 2 aromatic heterocycles. The van der Waals surface area contributed by atoms with Crippen LogP contribution in [0.15, 0.2) is 36.8 Å². The molecule has 34 heavy (non-hydrogen) atoms. The predicted octanol–water partition coefficient (Wildman–Crippen LogP) is -1.11. The molecule has 4 rings (SSSR count). The van der Waals surface area contributed by atoms with Gasteiger partial charge in [-0.15, -0.1) is 0 Å². The lowest BCUT2D eigenvalue weighted by Gasteiger charge is -2.17. The van der Waals surface area contributed by atoms with Crippen molar-refractivity contribution >= 4 is 32.7 Å². The minimum absolute atomic E-state index is 0.191. The number of aliphatic hydroxyl groups is 2. The number of rotatable bonds is 5. The molecule has 12 nitrogen and oxygen atoms in total. The Bertz CT molecular complexity index is 1360. The number of fused-ring (bicyclic) bond motifs is 1. The van der Waals surface area contributed by atoms with Gasteiger partial charge in [0, 0.05) is 38.1 Å². The number of benzene rings is 1. The molecule has 0 unspecified atom stereocenters. The Hall–Kier alpha value is -3.25. The highest BCUT2D eigenvalue weighted by atomic mass is 32.2. The first-order chi connectivity index (χ1) is 16.0. The van der Waals surface area contributed by atoms with Crippen molar-refractivity contribution in [1.82, 2.24) is 19.3 Å². The van der Waals surface area contributed by atoms with Crippen LogP contribution >= 0.6 is 0 Å². The van der Waals surface area contributed by atoms with Crippen LogP contribution in [0.3, 0.4) is 0 Å². The largest absolute Gasteiger partial charge is 0.387 e. The fraction of sp³-hybridized carbons (Fsp3) is 0.333. The van der Waals surface area contributed by atoms with E-state index in [-0.39, 0.29) is 12.4 Å². The maximum absolute atomic E-state index is 11.2. The summed E-state index contributed by atoms with van der Waals surface area (Å²) < 4.78 is 31.7. The maximum Gasteiger partial charge on any atom is 0.274 e. The van der Waals surface area contributed by atoms with Crippen molar-refractivity contribution in [1.29, 1.82) is 0 Å². The highest BCUT2D eigenvalue weighted by molar-refractivity contribution is 7.87. The van der Waals surface area contributed by atoms with E-state index in [1.54, 1.807) is 6.20 Å². The van der Waals surface area contributed by atoms with Crippen LogP contribution in [0.5, 0.6) is 0 Å². The smallest absolute Gasteiger partial charge is 0.274 e. The lowest BCUT2D eigenvalue weighted by atomic mass is 10.1. The van der Waals surface area contributed by atoms with Crippen molar-refractivity contribution in [2.45, 2.75) is 24.5 Å². The quantitative estimate of drug-likeness (QED) is 0.279. The number of nitrogens with one attached hydrogen (secondary N) is 1. The molecule has 0 bridgehead atoms. The summed E-state index contributed by atoms with van der Waals surface area (Å²) in [5, 5.41) is 26.4. The first-order valence-corrected chi connectivity index (χ1v) is 11.8.